The lowest BCUT2D eigenvalue weighted by atomic mass is 9.88. The van der Waals surface area contributed by atoms with Gasteiger partial charge in [-0.3, -0.25) is 0 Å². The summed E-state index contributed by atoms with van der Waals surface area (Å²) in [6, 6.07) is 30.2. The molecule has 0 aliphatic carbocycles. The van der Waals surface area contributed by atoms with Gasteiger partial charge in [-0.05, 0) is 59.7 Å². The van der Waals surface area contributed by atoms with Crippen LogP contribution in [0.15, 0.2) is 91.0 Å². The van der Waals surface area contributed by atoms with E-state index in [4.69, 9.17) is 21.1 Å². The first-order chi connectivity index (χ1) is 14.7. The molecule has 1 aliphatic heterocycles. The first-order valence-corrected chi connectivity index (χ1v) is 10.2. The van der Waals surface area contributed by atoms with Crippen molar-refractivity contribution in [1.82, 2.24) is 0 Å². The maximum atomic E-state index is 6.48. The van der Waals surface area contributed by atoms with Crippen molar-refractivity contribution in [2.75, 3.05) is 12.4 Å². The van der Waals surface area contributed by atoms with Crippen molar-refractivity contribution in [2.24, 2.45) is 0 Å². The molecule has 0 aromatic heterocycles. The lowest BCUT2D eigenvalue weighted by molar-refractivity contribution is 0.242. The molecule has 0 radical (unpaired) electrons. The van der Waals surface area contributed by atoms with Gasteiger partial charge in [-0.15, -0.1) is 0 Å². The molecule has 30 heavy (non-hydrogen) atoms. The van der Waals surface area contributed by atoms with Gasteiger partial charge in [0.2, 0.25) is 0 Å². The van der Waals surface area contributed by atoms with Gasteiger partial charge in [0.1, 0.15) is 17.6 Å². The predicted octanol–water partition coefficient (Wildman–Crippen LogP) is 7.24. The maximum absolute atomic E-state index is 6.48. The first-order valence-electron chi connectivity index (χ1n) is 9.78. The Balaban J connectivity index is 1.66. The fraction of sp³-hybridized carbons (Fsp3) is 0.0769. The lowest BCUT2D eigenvalue weighted by Crippen LogP contribution is -2.16. The van der Waals surface area contributed by atoms with Crippen LogP contribution in [0.2, 0.25) is 5.02 Å². The third kappa shape index (κ3) is 3.38. The third-order valence-corrected chi connectivity index (χ3v) is 5.51. The van der Waals surface area contributed by atoms with Gasteiger partial charge in [-0.2, -0.15) is 0 Å². The number of hydrogen-bond donors (Lipinski definition) is 1. The van der Waals surface area contributed by atoms with Gasteiger partial charge < -0.3 is 14.8 Å². The fourth-order valence-electron chi connectivity index (χ4n) is 3.93. The average molecular weight is 414 g/mol. The number of hydrogen-bond acceptors (Lipinski definition) is 3. The van der Waals surface area contributed by atoms with Crippen LogP contribution >= 0.6 is 11.6 Å². The number of methoxy groups -OCH3 is 1. The summed E-state index contributed by atoms with van der Waals surface area (Å²) in [5.74, 6) is 1.60. The normalized spacial score (nSPS) is 14.3. The van der Waals surface area contributed by atoms with Gasteiger partial charge in [0.25, 0.3) is 0 Å². The molecule has 0 spiro atoms. The topological polar surface area (TPSA) is 30.5 Å². The molecule has 1 unspecified atom stereocenters. The predicted molar refractivity (Wildman–Crippen MR) is 122 cm³/mol. The molecular weight excluding hydrogens is 394 g/mol. The van der Waals surface area contributed by atoms with Crippen molar-refractivity contribution in [3.63, 3.8) is 0 Å². The second-order valence-electron chi connectivity index (χ2n) is 7.18. The van der Waals surface area contributed by atoms with E-state index in [1.165, 1.54) is 0 Å². The monoisotopic (exact) mass is 413 g/mol. The van der Waals surface area contributed by atoms with Gasteiger partial charge in [-0.25, -0.2) is 0 Å². The number of nitrogens with one attached hydrogen (secondary N) is 1. The third-order valence-electron chi connectivity index (χ3n) is 5.27. The molecule has 0 saturated carbocycles. The molecular formula is C26H20ClNO2. The summed E-state index contributed by atoms with van der Waals surface area (Å²) in [7, 11) is 1.68. The zero-order valence-electron chi connectivity index (χ0n) is 16.4. The highest BCUT2D eigenvalue weighted by Gasteiger charge is 2.30. The lowest BCUT2D eigenvalue weighted by Gasteiger charge is -2.30. The molecule has 5 rings (SSSR count). The minimum absolute atomic E-state index is 0.268. The van der Waals surface area contributed by atoms with Gasteiger partial charge in [0, 0.05) is 22.0 Å². The molecule has 148 valence electrons. The largest absolute Gasteiger partial charge is 0.496 e. The van der Waals surface area contributed by atoms with E-state index in [-0.39, 0.29) is 6.10 Å². The van der Waals surface area contributed by atoms with Crippen LogP contribution in [0.1, 0.15) is 17.2 Å². The van der Waals surface area contributed by atoms with E-state index in [9.17, 15) is 0 Å². The van der Waals surface area contributed by atoms with Gasteiger partial charge in [0.15, 0.2) is 0 Å². The second-order valence-corrected chi connectivity index (χ2v) is 7.62. The Hall–Kier alpha value is -3.43. The number of anilines is 2. The van der Waals surface area contributed by atoms with E-state index >= 15 is 0 Å². The Bertz CT molecular complexity index is 1210. The molecule has 0 saturated heterocycles. The van der Waals surface area contributed by atoms with E-state index in [0.717, 1.165) is 45.1 Å². The number of rotatable bonds is 4. The van der Waals surface area contributed by atoms with E-state index in [2.05, 4.69) is 23.5 Å². The summed E-state index contributed by atoms with van der Waals surface area (Å²) in [6.45, 7) is 0. The minimum Gasteiger partial charge on any atom is -0.496 e. The molecule has 1 N–H and O–H groups in total. The van der Waals surface area contributed by atoms with Crippen molar-refractivity contribution in [2.45, 2.75) is 6.10 Å². The summed E-state index contributed by atoms with van der Waals surface area (Å²) in [5, 5.41) is 4.16. The van der Waals surface area contributed by atoms with Crippen LogP contribution < -0.4 is 14.8 Å². The zero-order valence-corrected chi connectivity index (χ0v) is 17.2. The van der Waals surface area contributed by atoms with Crippen LogP contribution in [0.4, 0.5) is 11.4 Å². The molecule has 1 heterocycles. The second kappa shape index (κ2) is 7.77. The standard InChI is InChI=1S/C26H20ClNO2/c1-29-23-11-6-12-24-25(23)21-14-13-20(28-19-9-3-2-4-10-19)16-22(21)26(30-24)17-7-5-8-18(27)15-17/h2-16,26,28H,1H3. The van der Waals surface area contributed by atoms with E-state index in [1.54, 1.807) is 7.11 Å². The molecule has 0 amide bonds. The number of para-hydroxylation sites is 1. The summed E-state index contributed by atoms with van der Waals surface area (Å²) in [5.41, 5.74) is 6.17. The van der Waals surface area contributed by atoms with Crippen molar-refractivity contribution >= 4 is 23.0 Å². The summed E-state index contributed by atoms with van der Waals surface area (Å²) < 4.78 is 12.1. The first kappa shape index (κ1) is 18.6. The van der Waals surface area contributed by atoms with Crippen molar-refractivity contribution < 1.29 is 9.47 Å². The highest BCUT2D eigenvalue weighted by atomic mass is 35.5. The number of ether oxygens (including phenoxy) is 2. The van der Waals surface area contributed by atoms with Crippen LogP contribution in [0.5, 0.6) is 11.5 Å². The Morgan fingerprint density at radius 1 is 0.833 bits per heavy atom. The van der Waals surface area contributed by atoms with Gasteiger partial charge in [-0.1, -0.05) is 54.1 Å². The molecule has 4 heteroatoms. The van der Waals surface area contributed by atoms with E-state index < -0.39 is 0 Å². The van der Waals surface area contributed by atoms with Crippen LogP contribution in [-0.4, -0.2) is 7.11 Å². The molecule has 3 nitrogen and oxygen atoms in total. The van der Waals surface area contributed by atoms with Crippen molar-refractivity contribution in [3.05, 3.63) is 107 Å². The minimum atomic E-state index is -0.268. The fourth-order valence-corrected chi connectivity index (χ4v) is 4.12. The van der Waals surface area contributed by atoms with Crippen LogP contribution in [0.25, 0.3) is 11.1 Å². The number of benzene rings is 4. The summed E-state index contributed by atoms with van der Waals surface area (Å²) in [6.07, 6.45) is -0.268. The Morgan fingerprint density at radius 3 is 2.47 bits per heavy atom. The Labute approximate surface area is 180 Å². The molecule has 4 aromatic rings. The molecule has 1 atom stereocenters. The molecule has 1 aliphatic rings. The highest BCUT2D eigenvalue weighted by Crippen LogP contribution is 2.49. The van der Waals surface area contributed by atoms with E-state index in [0.29, 0.717) is 5.02 Å². The highest BCUT2D eigenvalue weighted by molar-refractivity contribution is 6.30. The quantitative estimate of drug-likeness (QED) is 0.382. The van der Waals surface area contributed by atoms with Crippen molar-refractivity contribution in [1.29, 1.82) is 0 Å². The molecule has 4 aromatic carbocycles. The Morgan fingerprint density at radius 2 is 1.67 bits per heavy atom. The van der Waals surface area contributed by atoms with Crippen molar-refractivity contribution in [3.8, 4) is 22.6 Å². The average Bonchev–Trinajstić information content (AvgIpc) is 2.78. The SMILES string of the molecule is COc1cccc2c1-c1ccc(Nc3ccccc3)cc1C(c1cccc(Cl)c1)O2. The molecule has 0 fully saturated rings. The summed E-state index contributed by atoms with van der Waals surface area (Å²) >= 11 is 6.29. The molecule has 0 bridgehead atoms. The summed E-state index contributed by atoms with van der Waals surface area (Å²) in [4.78, 5) is 0. The number of fused-ring (bicyclic) bond motifs is 3. The van der Waals surface area contributed by atoms with E-state index in [1.807, 2.05) is 72.8 Å². The maximum Gasteiger partial charge on any atom is 0.150 e. The van der Waals surface area contributed by atoms with Gasteiger partial charge >= 0.3 is 0 Å². The smallest absolute Gasteiger partial charge is 0.150 e. The van der Waals surface area contributed by atoms with Crippen LogP contribution in [-0.2, 0) is 0 Å². The van der Waals surface area contributed by atoms with Crippen LogP contribution in [0, 0.1) is 0 Å². The number of halogens is 1. The van der Waals surface area contributed by atoms with Crippen LogP contribution in [0.3, 0.4) is 0 Å². The zero-order chi connectivity index (χ0) is 20.5. The van der Waals surface area contributed by atoms with Gasteiger partial charge in [0.05, 0.1) is 12.7 Å². The Kier molecular flexibility index (Phi) is 4.82.